The largest absolute Gasteiger partial charge is 0.478 e. The summed E-state index contributed by atoms with van der Waals surface area (Å²) in [6, 6.07) is 28.4. The number of carboxylic acid groups (broad SMARTS) is 1. The molecule has 0 atom stereocenters. The number of carbonyl (C=O) groups excluding carboxylic acids is 3. The van der Waals surface area contributed by atoms with Gasteiger partial charge in [0.25, 0.3) is 0 Å². The summed E-state index contributed by atoms with van der Waals surface area (Å²) in [5.41, 5.74) is 2.18. The maximum Gasteiger partial charge on any atom is 0.335 e. The molecule has 0 aliphatic carbocycles. The molecule has 51 heavy (non-hydrogen) atoms. The van der Waals surface area contributed by atoms with E-state index in [1.165, 1.54) is 60.7 Å². The summed E-state index contributed by atoms with van der Waals surface area (Å²) in [4.78, 5) is 47.4. The third-order valence-electron chi connectivity index (χ3n) is 7.07. The number of primary sulfonamides is 2. The summed E-state index contributed by atoms with van der Waals surface area (Å²) in [5.74, 6) is -2.04. The zero-order chi connectivity index (χ0) is 36.8. The van der Waals surface area contributed by atoms with E-state index in [-0.39, 0.29) is 61.7 Å². The monoisotopic (exact) mass is 768 g/mol. The van der Waals surface area contributed by atoms with Gasteiger partial charge < -0.3 is 5.11 Å². The van der Waals surface area contributed by atoms with E-state index in [9.17, 15) is 36.0 Å². The number of aromatic carboxylic acids is 1. The van der Waals surface area contributed by atoms with Crippen LogP contribution in [0.3, 0.4) is 0 Å². The number of halogens is 2. The zero-order valence-corrected chi connectivity index (χ0v) is 28.8. The van der Waals surface area contributed by atoms with Crippen molar-refractivity contribution in [3.8, 4) is 0 Å². The molecule has 5 rings (SSSR count). The second-order valence-electron chi connectivity index (χ2n) is 10.6. The Labute approximate surface area is 304 Å². The average Bonchev–Trinajstić information content (AvgIpc) is 3.08. The molecule has 0 aliphatic heterocycles. The fourth-order valence-electron chi connectivity index (χ4n) is 4.51. The number of benzene rings is 5. The minimum Gasteiger partial charge on any atom is -0.478 e. The van der Waals surface area contributed by atoms with Crippen molar-refractivity contribution < 1.29 is 41.1 Å². The van der Waals surface area contributed by atoms with E-state index in [4.69, 9.17) is 38.6 Å². The molecule has 0 fully saturated rings. The molecule has 0 aliphatic rings. The van der Waals surface area contributed by atoms with Gasteiger partial charge in [0.15, 0.2) is 17.3 Å². The normalized spacial score (nSPS) is 11.0. The van der Waals surface area contributed by atoms with Crippen LogP contribution in [0.25, 0.3) is 0 Å². The molecule has 264 valence electrons. The number of carboxylic acids is 1. The maximum absolute atomic E-state index is 12.6. The molecule has 0 radical (unpaired) electrons. The lowest BCUT2D eigenvalue weighted by Gasteiger charge is -2.07. The molecule has 0 heterocycles. The quantitative estimate of drug-likeness (QED) is 0.138. The lowest BCUT2D eigenvalue weighted by atomic mass is 9.99. The van der Waals surface area contributed by atoms with Gasteiger partial charge in [0.2, 0.25) is 20.0 Å². The van der Waals surface area contributed by atoms with E-state index in [2.05, 4.69) is 0 Å². The molecule has 0 unspecified atom stereocenters. The number of Topliss-reactive ketones (excluding diaryl/α,β-unsaturated/α-hetero) is 1. The first-order valence-electron chi connectivity index (χ1n) is 14.2. The number of hydrogen-bond donors (Lipinski definition) is 3. The van der Waals surface area contributed by atoms with Gasteiger partial charge in [-0.3, -0.25) is 14.4 Å². The highest BCUT2D eigenvalue weighted by Crippen LogP contribution is 2.24. The van der Waals surface area contributed by atoms with Gasteiger partial charge in [-0.15, -0.1) is 0 Å². The van der Waals surface area contributed by atoms with Crippen molar-refractivity contribution in [2.45, 2.75) is 23.6 Å². The molecular weight excluding hydrogens is 739 g/mol. The van der Waals surface area contributed by atoms with Crippen LogP contribution in [0.1, 0.15) is 65.5 Å². The number of rotatable bonds is 10. The Balaban J connectivity index is 0.000000278. The summed E-state index contributed by atoms with van der Waals surface area (Å²) in [5, 5.41) is 18.8. The summed E-state index contributed by atoms with van der Waals surface area (Å²) in [6.07, 6.45) is 0.267. The van der Waals surface area contributed by atoms with Gasteiger partial charge in [-0.2, -0.15) is 0 Å². The van der Waals surface area contributed by atoms with Crippen LogP contribution in [0.5, 0.6) is 0 Å². The highest BCUT2D eigenvalue weighted by atomic mass is 35.5. The summed E-state index contributed by atoms with van der Waals surface area (Å²) >= 11 is 11.6. The van der Waals surface area contributed by atoms with Crippen LogP contribution >= 0.6 is 23.2 Å². The number of hydrogen-bond acceptors (Lipinski definition) is 8. The highest BCUT2D eigenvalue weighted by molar-refractivity contribution is 7.89. The lowest BCUT2D eigenvalue weighted by molar-refractivity contribution is 0.0696. The first kappa shape index (κ1) is 40.4. The molecule has 5 aromatic rings. The van der Waals surface area contributed by atoms with Crippen molar-refractivity contribution >= 4 is 66.6 Å². The van der Waals surface area contributed by atoms with Crippen LogP contribution in [-0.4, -0.2) is 45.3 Å². The SMILES string of the molecule is C.NS(=O)(=O)c1cc(C(=O)c2ccc(C(=O)Cc3ccccc3)cc2)ccc1Cl.NS(=O)(=O)c1cc(C(=O)c2ccc(C(=O)O)cc2)ccc1Cl. The number of carbonyl (C=O) groups is 4. The minimum atomic E-state index is -4.05. The van der Waals surface area contributed by atoms with Crippen LogP contribution in [0, 0.1) is 0 Å². The standard InChI is InChI=1S/C21H16ClNO4S.C14H10ClNO5S.CH4/c22-18-11-10-17(13-20(18)28(23,26)27)21(25)16-8-6-15(7-9-16)19(24)12-14-4-2-1-3-5-14;15-11-6-5-10(7-12(11)22(16,20)21)13(17)8-1-3-9(4-2-8)14(18)19;/h1-11,13H,12H2,(H2,23,26,27);1-7H,(H,18,19)(H2,16,20,21);1H4. The third-order valence-corrected chi connectivity index (χ3v) is 9.86. The number of ketones is 3. The Morgan fingerprint density at radius 2 is 0.882 bits per heavy atom. The fraction of sp³-hybridized carbons (Fsp3) is 0.0556. The molecule has 5 N–H and O–H groups in total. The van der Waals surface area contributed by atoms with Gasteiger partial charge in [-0.25, -0.2) is 31.9 Å². The predicted molar refractivity (Wildman–Crippen MR) is 194 cm³/mol. The Bertz CT molecular complexity index is 2330. The van der Waals surface area contributed by atoms with E-state index in [0.717, 1.165) is 17.7 Å². The van der Waals surface area contributed by atoms with Crippen LogP contribution in [0.15, 0.2) is 125 Å². The van der Waals surface area contributed by atoms with Gasteiger partial charge >= 0.3 is 5.97 Å². The van der Waals surface area contributed by atoms with E-state index in [1.54, 1.807) is 12.1 Å². The molecule has 15 heteroatoms. The van der Waals surface area contributed by atoms with Crippen molar-refractivity contribution in [2.24, 2.45) is 10.3 Å². The van der Waals surface area contributed by atoms with E-state index in [1.807, 2.05) is 30.3 Å². The van der Waals surface area contributed by atoms with Gasteiger partial charge in [0.1, 0.15) is 9.79 Å². The smallest absolute Gasteiger partial charge is 0.335 e. The molecule has 0 amide bonds. The Hall–Kier alpha value is -5.02. The molecule has 0 bridgehead atoms. The van der Waals surface area contributed by atoms with Crippen LogP contribution in [-0.2, 0) is 26.5 Å². The Kier molecular flexibility index (Phi) is 13.3. The van der Waals surface area contributed by atoms with Gasteiger partial charge in [-0.05, 0) is 54.1 Å². The second kappa shape index (κ2) is 16.8. The highest BCUT2D eigenvalue weighted by Gasteiger charge is 2.19. The third kappa shape index (κ3) is 10.5. The van der Waals surface area contributed by atoms with Crippen LogP contribution in [0.2, 0.25) is 10.0 Å². The van der Waals surface area contributed by atoms with Crippen molar-refractivity contribution in [2.75, 3.05) is 0 Å². The van der Waals surface area contributed by atoms with Crippen molar-refractivity contribution in [1.82, 2.24) is 0 Å². The lowest BCUT2D eigenvalue weighted by Crippen LogP contribution is -2.14. The van der Waals surface area contributed by atoms with Crippen molar-refractivity contribution in [1.29, 1.82) is 0 Å². The molecule has 0 aromatic heterocycles. The number of sulfonamides is 2. The van der Waals surface area contributed by atoms with Crippen LogP contribution in [0.4, 0.5) is 0 Å². The van der Waals surface area contributed by atoms with Gasteiger partial charge in [0, 0.05) is 34.2 Å². The predicted octanol–water partition coefficient (Wildman–Crippen LogP) is 6.20. The molecule has 0 saturated carbocycles. The van der Waals surface area contributed by atoms with E-state index >= 15 is 0 Å². The summed E-state index contributed by atoms with van der Waals surface area (Å²) < 4.78 is 46.0. The maximum atomic E-state index is 12.6. The topological polar surface area (TPSA) is 209 Å². The average molecular weight is 770 g/mol. The molecule has 5 aromatic carbocycles. The summed E-state index contributed by atoms with van der Waals surface area (Å²) in [6.45, 7) is 0. The first-order chi connectivity index (χ1) is 23.5. The van der Waals surface area contributed by atoms with Gasteiger partial charge in [-0.1, -0.05) is 97.4 Å². The second-order valence-corrected chi connectivity index (χ2v) is 14.5. The van der Waals surface area contributed by atoms with Gasteiger partial charge in [0.05, 0.1) is 15.6 Å². The molecule has 0 spiro atoms. The van der Waals surface area contributed by atoms with Crippen molar-refractivity contribution in [3.63, 3.8) is 0 Å². The summed E-state index contributed by atoms with van der Waals surface area (Å²) in [7, 11) is -8.10. The molecule has 11 nitrogen and oxygen atoms in total. The van der Waals surface area contributed by atoms with E-state index in [0.29, 0.717) is 11.1 Å². The number of nitrogens with two attached hydrogens (primary N) is 2. The minimum absolute atomic E-state index is 0. The van der Waals surface area contributed by atoms with Crippen molar-refractivity contribution in [3.05, 3.63) is 164 Å². The zero-order valence-electron chi connectivity index (χ0n) is 25.6. The molecule has 0 saturated heterocycles. The van der Waals surface area contributed by atoms with E-state index < -0.39 is 37.6 Å². The Morgan fingerprint density at radius 3 is 1.25 bits per heavy atom. The van der Waals surface area contributed by atoms with Crippen LogP contribution < -0.4 is 10.3 Å². The molecular formula is C36H30Cl2N2O9S2. The Morgan fingerprint density at radius 1 is 0.529 bits per heavy atom. The fourth-order valence-corrected chi connectivity index (χ4v) is 6.66. The first-order valence-corrected chi connectivity index (χ1v) is 18.0.